The molecule has 1 aromatic carbocycles. The molecule has 2 saturated carbocycles. The fourth-order valence-corrected chi connectivity index (χ4v) is 3.26. The number of methoxy groups -OCH3 is 1. The van der Waals surface area contributed by atoms with Gasteiger partial charge in [0.05, 0.1) is 12.0 Å². The van der Waals surface area contributed by atoms with Crippen LogP contribution in [0.5, 0.6) is 5.75 Å². The van der Waals surface area contributed by atoms with Gasteiger partial charge >= 0.3 is 5.69 Å². The number of ether oxygens (including phenoxy) is 1. The first kappa shape index (κ1) is 16.5. The van der Waals surface area contributed by atoms with Crippen molar-refractivity contribution in [2.24, 2.45) is 5.92 Å². The van der Waals surface area contributed by atoms with Crippen molar-refractivity contribution in [2.75, 3.05) is 12.4 Å². The highest BCUT2D eigenvalue weighted by molar-refractivity contribution is 5.79. The number of hydrogen-bond donors (Lipinski definition) is 2. The molecule has 2 fully saturated rings. The van der Waals surface area contributed by atoms with E-state index in [1.165, 1.54) is 13.2 Å². The molecular weight excluding hydrogens is 310 g/mol. The van der Waals surface area contributed by atoms with Crippen LogP contribution in [0.15, 0.2) is 18.2 Å². The number of rotatable bonds is 6. The van der Waals surface area contributed by atoms with Gasteiger partial charge in [0.1, 0.15) is 0 Å². The Kier molecular flexibility index (Phi) is 4.87. The maximum atomic E-state index is 12.2. The fourth-order valence-electron chi connectivity index (χ4n) is 3.26. The van der Waals surface area contributed by atoms with Crippen molar-refractivity contribution in [2.45, 2.75) is 50.6 Å². The van der Waals surface area contributed by atoms with E-state index in [1.54, 1.807) is 12.1 Å². The standard InChI is InChI=1S/C17H23N3O4/c1-24-16-10-14(7-8-15(16)20(22)23)18-13-4-2-3-11(9-13)17(21)19-12-5-6-12/h7-8,10-13,18H,2-6,9H2,1H3,(H,19,21)/t11-,13-/m0/s1. The van der Waals surface area contributed by atoms with Crippen LogP contribution in [-0.4, -0.2) is 30.0 Å². The summed E-state index contributed by atoms with van der Waals surface area (Å²) in [6.45, 7) is 0. The Morgan fingerprint density at radius 3 is 2.71 bits per heavy atom. The predicted molar refractivity (Wildman–Crippen MR) is 90.2 cm³/mol. The predicted octanol–water partition coefficient (Wildman–Crippen LogP) is 2.85. The zero-order valence-corrected chi connectivity index (χ0v) is 13.8. The van der Waals surface area contributed by atoms with Crippen LogP contribution < -0.4 is 15.4 Å². The average Bonchev–Trinajstić information content (AvgIpc) is 3.38. The van der Waals surface area contributed by atoms with E-state index in [0.717, 1.165) is 44.2 Å². The average molecular weight is 333 g/mol. The van der Waals surface area contributed by atoms with E-state index < -0.39 is 4.92 Å². The quantitative estimate of drug-likeness (QED) is 0.617. The second kappa shape index (κ2) is 7.07. The number of carbonyl (C=O) groups excluding carboxylic acids is 1. The molecule has 2 N–H and O–H groups in total. The maximum absolute atomic E-state index is 12.2. The molecule has 0 radical (unpaired) electrons. The highest BCUT2D eigenvalue weighted by Crippen LogP contribution is 2.32. The van der Waals surface area contributed by atoms with Gasteiger partial charge < -0.3 is 15.4 Å². The highest BCUT2D eigenvalue weighted by Gasteiger charge is 2.31. The highest BCUT2D eigenvalue weighted by atomic mass is 16.6. The summed E-state index contributed by atoms with van der Waals surface area (Å²) >= 11 is 0. The largest absolute Gasteiger partial charge is 0.490 e. The lowest BCUT2D eigenvalue weighted by atomic mass is 9.85. The van der Waals surface area contributed by atoms with E-state index in [9.17, 15) is 14.9 Å². The molecule has 0 unspecified atom stereocenters. The summed E-state index contributed by atoms with van der Waals surface area (Å²) in [6.07, 6.45) is 5.92. The van der Waals surface area contributed by atoms with Gasteiger partial charge in [-0.05, 0) is 38.2 Å². The van der Waals surface area contributed by atoms with Gasteiger partial charge in [0.15, 0.2) is 5.75 Å². The van der Waals surface area contributed by atoms with Gasteiger partial charge in [-0.1, -0.05) is 6.42 Å². The van der Waals surface area contributed by atoms with Gasteiger partial charge in [-0.3, -0.25) is 14.9 Å². The fraction of sp³-hybridized carbons (Fsp3) is 0.588. The molecule has 7 nitrogen and oxygen atoms in total. The minimum Gasteiger partial charge on any atom is -0.490 e. The van der Waals surface area contributed by atoms with Gasteiger partial charge in [-0.25, -0.2) is 0 Å². The third kappa shape index (κ3) is 3.96. The monoisotopic (exact) mass is 333 g/mol. The van der Waals surface area contributed by atoms with Crippen molar-refractivity contribution in [1.82, 2.24) is 5.32 Å². The first-order valence-corrected chi connectivity index (χ1v) is 8.46. The first-order valence-electron chi connectivity index (χ1n) is 8.46. The lowest BCUT2D eigenvalue weighted by molar-refractivity contribution is -0.385. The molecule has 0 saturated heterocycles. The Morgan fingerprint density at radius 2 is 2.04 bits per heavy atom. The number of benzene rings is 1. The summed E-state index contributed by atoms with van der Waals surface area (Å²) in [4.78, 5) is 22.7. The first-order chi connectivity index (χ1) is 11.6. The van der Waals surface area contributed by atoms with Crippen LogP contribution in [0, 0.1) is 16.0 Å². The van der Waals surface area contributed by atoms with Crippen molar-refractivity contribution in [1.29, 1.82) is 0 Å². The molecule has 130 valence electrons. The molecule has 0 aromatic heterocycles. The van der Waals surface area contributed by atoms with Crippen molar-refractivity contribution >= 4 is 17.3 Å². The number of nitro benzene ring substituents is 1. The summed E-state index contributed by atoms with van der Waals surface area (Å²) in [5.41, 5.74) is 0.735. The van der Waals surface area contributed by atoms with E-state index in [4.69, 9.17) is 4.74 Å². The van der Waals surface area contributed by atoms with E-state index in [0.29, 0.717) is 6.04 Å². The molecule has 2 aliphatic rings. The Hall–Kier alpha value is -2.31. The molecule has 1 amide bonds. The third-order valence-corrected chi connectivity index (χ3v) is 4.72. The van der Waals surface area contributed by atoms with Crippen LogP contribution in [0.25, 0.3) is 0 Å². The molecular formula is C17H23N3O4. The molecule has 24 heavy (non-hydrogen) atoms. The van der Waals surface area contributed by atoms with E-state index in [2.05, 4.69) is 10.6 Å². The van der Waals surface area contributed by atoms with Crippen LogP contribution in [0.2, 0.25) is 0 Å². The minimum absolute atomic E-state index is 0.0478. The summed E-state index contributed by atoms with van der Waals surface area (Å²) in [7, 11) is 1.42. The van der Waals surface area contributed by atoms with Gasteiger partial charge in [-0.15, -0.1) is 0 Å². The lowest BCUT2D eigenvalue weighted by Crippen LogP contribution is -2.38. The summed E-state index contributed by atoms with van der Waals surface area (Å²) in [5, 5.41) is 17.4. The second-order valence-electron chi connectivity index (χ2n) is 6.63. The van der Waals surface area contributed by atoms with Crippen molar-refractivity contribution < 1.29 is 14.5 Å². The Labute approximate surface area is 140 Å². The number of hydrogen-bond acceptors (Lipinski definition) is 5. The zero-order chi connectivity index (χ0) is 17.1. The van der Waals surface area contributed by atoms with Crippen LogP contribution in [-0.2, 0) is 4.79 Å². The summed E-state index contributed by atoms with van der Waals surface area (Å²) in [5.74, 6) is 0.464. The summed E-state index contributed by atoms with van der Waals surface area (Å²) < 4.78 is 5.10. The Bertz CT molecular complexity index is 630. The van der Waals surface area contributed by atoms with E-state index >= 15 is 0 Å². The second-order valence-corrected chi connectivity index (χ2v) is 6.63. The molecule has 1 aromatic rings. The molecule has 0 spiro atoms. The normalized spacial score (nSPS) is 23.4. The topological polar surface area (TPSA) is 93.5 Å². The smallest absolute Gasteiger partial charge is 0.311 e. The van der Waals surface area contributed by atoms with Crippen LogP contribution in [0.4, 0.5) is 11.4 Å². The van der Waals surface area contributed by atoms with E-state index in [1.807, 2.05) is 0 Å². The Balaban J connectivity index is 1.62. The maximum Gasteiger partial charge on any atom is 0.311 e. The van der Waals surface area contributed by atoms with Gasteiger partial charge in [0.25, 0.3) is 0 Å². The number of nitro groups is 1. The minimum atomic E-state index is -0.457. The third-order valence-electron chi connectivity index (χ3n) is 4.72. The van der Waals surface area contributed by atoms with Crippen LogP contribution in [0.1, 0.15) is 38.5 Å². The molecule has 0 bridgehead atoms. The molecule has 3 rings (SSSR count). The molecule has 2 aliphatic carbocycles. The summed E-state index contributed by atoms with van der Waals surface area (Å²) in [6, 6.07) is 5.37. The number of amides is 1. The van der Waals surface area contributed by atoms with Crippen LogP contribution >= 0.6 is 0 Å². The molecule has 2 atom stereocenters. The molecule has 0 aliphatic heterocycles. The van der Waals surface area contributed by atoms with Gasteiger partial charge in [0.2, 0.25) is 5.91 Å². The van der Waals surface area contributed by atoms with Crippen molar-refractivity contribution in [3.63, 3.8) is 0 Å². The van der Waals surface area contributed by atoms with Gasteiger partial charge in [-0.2, -0.15) is 0 Å². The van der Waals surface area contributed by atoms with Gasteiger partial charge in [0, 0.05) is 35.8 Å². The van der Waals surface area contributed by atoms with Crippen molar-refractivity contribution in [3.05, 3.63) is 28.3 Å². The van der Waals surface area contributed by atoms with Crippen LogP contribution in [0.3, 0.4) is 0 Å². The zero-order valence-electron chi connectivity index (χ0n) is 13.8. The SMILES string of the molecule is COc1cc(N[C@H]2CCC[C@H](C(=O)NC3CC3)C2)ccc1[N+](=O)[O-]. The lowest BCUT2D eigenvalue weighted by Gasteiger charge is -2.29. The Morgan fingerprint density at radius 1 is 1.25 bits per heavy atom. The molecule has 7 heteroatoms. The number of nitrogens with zero attached hydrogens (tertiary/aromatic N) is 1. The molecule has 0 heterocycles. The van der Waals surface area contributed by atoms with Crippen molar-refractivity contribution in [3.8, 4) is 5.75 Å². The number of anilines is 1. The number of carbonyl (C=O) groups is 1. The number of nitrogens with one attached hydrogen (secondary N) is 2. The van der Waals surface area contributed by atoms with E-state index in [-0.39, 0.29) is 29.3 Å².